The molecular weight excluding hydrogens is 454 g/mol. The fraction of sp³-hybridized carbons (Fsp3) is 0.231. The Bertz CT molecular complexity index is 1220. The minimum absolute atomic E-state index is 0.0879. The van der Waals surface area contributed by atoms with Crippen LogP contribution in [0.3, 0.4) is 0 Å². The number of aliphatic hydroxyl groups excluding tert-OH is 1. The number of hydrogen-bond acceptors (Lipinski definition) is 7. The molecule has 7 nitrogen and oxygen atoms in total. The number of carbonyl (C=O) groups is 2. The number of nitrogens with zero attached hydrogens (tertiary/aromatic N) is 1. The summed E-state index contributed by atoms with van der Waals surface area (Å²) in [7, 11) is 4.71. The lowest BCUT2D eigenvalue weighted by Crippen LogP contribution is -2.33. The maximum Gasteiger partial charge on any atom is 0.290 e. The molecule has 4 rings (SSSR count). The van der Waals surface area contributed by atoms with Crippen molar-refractivity contribution in [3.05, 3.63) is 87.3 Å². The number of carbonyl (C=O) groups excluding carboxylic acids is 2. The Morgan fingerprint density at radius 1 is 1.00 bits per heavy atom. The summed E-state index contributed by atoms with van der Waals surface area (Å²) in [6.45, 7) is 0.288. The van der Waals surface area contributed by atoms with Crippen LogP contribution < -0.4 is 14.2 Å². The number of methoxy groups -OCH3 is 3. The zero-order valence-corrected chi connectivity index (χ0v) is 19.9. The van der Waals surface area contributed by atoms with E-state index in [9.17, 15) is 14.7 Å². The first-order chi connectivity index (χ1) is 16.5. The number of amides is 1. The number of ketones is 1. The topological polar surface area (TPSA) is 85.3 Å². The number of aliphatic hydroxyl groups is 1. The summed E-state index contributed by atoms with van der Waals surface area (Å²) < 4.78 is 15.9. The summed E-state index contributed by atoms with van der Waals surface area (Å²) in [6.07, 6.45) is 0.493. The smallest absolute Gasteiger partial charge is 0.290 e. The molecule has 3 aromatic rings. The maximum absolute atomic E-state index is 13.3. The summed E-state index contributed by atoms with van der Waals surface area (Å²) in [5.41, 5.74) is 1.73. The van der Waals surface area contributed by atoms with Crippen LogP contribution in [0.2, 0.25) is 0 Å². The molecule has 1 amide bonds. The lowest BCUT2D eigenvalue weighted by atomic mass is 9.95. The van der Waals surface area contributed by atoms with Crippen LogP contribution in [0.5, 0.6) is 17.2 Å². The number of rotatable bonds is 9. The lowest BCUT2D eigenvalue weighted by molar-refractivity contribution is -0.129. The van der Waals surface area contributed by atoms with Gasteiger partial charge in [-0.25, -0.2) is 0 Å². The van der Waals surface area contributed by atoms with Crippen LogP contribution in [0, 0.1) is 0 Å². The molecule has 0 fully saturated rings. The average molecular weight is 480 g/mol. The van der Waals surface area contributed by atoms with Gasteiger partial charge in [-0.15, -0.1) is 11.3 Å². The van der Waals surface area contributed by atoms with Gasteiger partial charge in [0.25, 0.3) is 5.91 Å². The van der Waals surface area contributed by atoms with Crippen molar-refractivity contribution in [1.82, 2.24) is 4.90 Å². The standard InChI is InChI=1S/C26H25NO6S/c1-31-18-9-7-17(8-10-18)23-22(24(28)21-5-4-14-34-21)25(29)26(30)27(23)13-12-16-6-11-19(32-2)20(15-16)33-3/h4-11,14-15,23,29H,12-13H2,1-3H3. The number of Topliss-reactive ketones (excluding diaryl/α,β-unsaturated/α-hetero) is 1. The second-order valence-corrected chi connectivity index (χ2v) is 8.63. The normalized spacial score (nSPS) is 15.6. The van der Waals surface area contributed by atoms with Gasteiger partial charge in [-0.05, 0) is 53.3 Å². The lowest BCUT2D eigenvalue weighted by Gasteiger charge is -2.27. The molecule has 0 radical (unpaired) electrons. The number of benzene rings is 2. The molecule has 0 aliphatic carbocycles. The molecule has 0 spiro atoms. The molecular formula is C26H25NO6S. The van der Waals surface area contributed by atoms with Crippen molar-refractivity contribution in [2.75, 3.05) is 27.9 Å². The molecule has 1 aliphatic heterocycles. The second kappa shape index (κ2) is 10.0. The van der Waals surface area contributed by atoms with Crippen molar-refractivity contribution in [2.24, 2.45) is 0 Å². The van der Waals surface area contributed by atoms with Crippen LogP contribution in [-0.2, 0) is 11.2 Å². The van der Waals surface area contributed by atoms with Gasteiger partial charge >= 0.3 is 0 Å². The van der Waals surface area contributed by atoms with E-state index in [0.29, 0.717) is 34.1 Å². The minimum Gasteiger partial charge on any atom is -0.503 e. The van der Waals surface area contributed by atoms with Crippen LogP contribution in [0.4, 0.5) is 0 Å². The van der Waals surface area contributed by atoms with Crippen LogP contribution in [0.15, 0.2) is 71.3 Å². The molecule has 2 aromatic carbocycles. The first kappa shape index (κ1) is 23.4. The Balaban J connectivity index is 1.67. The zero-order chi connectivity index (χ0) is 24.2. The van der Waals surface area contributed by atoms with E-state index < -0.39 is 17.7 Å². The summed E-state index contributed by atoms with van der Waals surface area (Å²) in [6, 6.07) is 15.5. The largest absolute Gasteiger partial charge is 0.503 e. The average Bonchev–Trinajstić information content (AvgIpc) is 3.50. The van der Waals surface area contributed by atoms with E-state index in [1.807, 2.05) is 18.2 Å². The second-order valence-electron chi connectivity index (χ2n) is 7.68. The molecule has 1 aromatic heterocycles. The fourth-order valence-corrected chi connectivity index (χ4v) is 4.75. The summed E-state index contributed by atoms with van der Waals surface area (Å²) >= 11 is 1.27. The predicted molar refractivity (Wildman–Crippen MR) is 129 cm³/mol. The third kappa shape index (κ3) is 4.36. The van der Waals surface area contributed by atoms with Crippen molar-refractivity contribution in [3.8, 4) is 17.2 Å². The highest BCUT2D eigenvalue weighted by Crippen LogP contribution is 2.40. The molecule has 1 N–H and O–H groups in total. The van der Waals surface area contributed by atoms with E-state index in [-0.39, 0.29) is 17.9 Å². The molecule has 0 saturated heterocycles. The minimum atomic E-state index is -0.715. The highest BCUT2D eigenvalue weighted by molar-refractivity contribution is 7.12. The molecule has 176 valence electrons. The SMILES string of the molecule is COc1ccc(C2C(C(=O)c3cccs3)=C(O)C(=O)N2CCc2ccc(OC)c(OC)c2)cc1. The summed E-state index contributed by atoms with van der Waals surface area (Å²) in [5.74, 6) is 0.434. The monoisotopic (exact) mass is 479 g/mol. The van der Waals surface area contributed by atoms with E-state index in [0.717, 1.165) is 5.56 Å². The van der Waals surface area contributed by atoms with Gasteiger partial charge in [-0.1, -0.05) is 24.3 Å². The van der Waals surface area contributed by atoms with Crippen LogP contribution in [-0.4, -0.2) is 49.6 Å². The van der Waals surface area contributed by atoms with E-state index in [4.69, 9.17) is 14.2 Å². The molecule has 34 heavy (non-hydrogen) atoms. The Kier molecular flexibility index (Phi) is 6.88. The van der Waals surface area contributed by atoms with Crippen LogP contribution in [0.1, 0.15) is 26.8 Å². The molecule has 0 bridgehead atoms. The number of thiophene rings is 1. The highest BCUT2D eigenvalue weighted by atomic mass is 32.1. The molecule has 1 unspecified atom stereocenters. The molecule has 1 atom stereocenters. The number of hydrogen-bond donors (Lipinski definition) is 1. The summed E-state index contributed by atoms with van der Waals surface area (Å²) in [5, 5.41) is 12.6. The number of ether oxygens (including phenoxy) is 3. The zero-order valence-electron chi connectivity index (χ0n) is 19.1. The fourth-order valence-electron chi connectivity index (χ4n) is 4.08. The predicted octanol–water partition coefficient (Wildman–Crippen LogP) is 4.59. The van der Waals surface area contributed by atoms with E-state index in [1.54, 1.807) is 63.1 Å². The van der Waals surface area contributed by atoms with Crippen molar-refractivity contribution < 1.29 is 28.9 Å². The Labute approximate surface area is 201 Å². The van der Waals surface area contributed by atoms with E-state index in [1.165, 1.54) is 16.2 Å². The first-order valence-corrected chi connectivity index (χ1v) is 11.5. The van der Waals surface area contributed by atoms with Gasteiger partial charge in [0.1, 0.15) is 5.75 Å². The van der Waals surface area contributed by atoms with Crippen molar-refractivity contribution in [1.29, 1.82) is 0 Å². The Morgan fingerprint density at radius 2 is 1.74 bits per heavy atom. The van der Waals surface area contributed by atoms with Gasteiger partial charge in [0.15, 0.2) is 17.3 Å². The highest BCUT2D eigenvalue weighted by Gasteiger charge is 2.43. The Morgan fingerprint density at radius 3 is 2.35 bits per heavy atom. The van der Waals surface area contributed by atoms with Gasteiger partial charge < -0.3 is 24.2 Å². The van der Waals surface area contributed by atoms with Gasteiger partial charge in [-0.2, -0.15) is 0 Å². The third-order valence-corrected chi connectivity index (χ3v) is 6.68. The molecule has 2 heterocycles. The summed E-state index contributed by atoms with van der Waals surface area (Å²) in [4.78, 5) is 28.4. The molecule has 1 aliphatic rings. The van der Waals surface area contributed by atoms with Crippen molar-refractivity contribution in [2.45, 2.75) is 12.5 Å². The van der Waals surface area contributed by atoms with Crippen LogP contribution in [0.25, 0.3) is 0 Å². The van der Waals surface area contributed by atoms with Crippen molar-refractivity contribution >= 4 is 23.0 Å². The Hall–Kier alpha value is -3.78. The van der Waals surface area contributed by atoms with Crippen LogP contribution >= 0.6 is 11.3 Å². The third-order valence-electron chi connectivity index (χ3n) is 5.81. The maximum atomic E-state index is 13.3. The first-order valence-electron chi connectivity index (χ1n) is 10.7. The van der Waals surface area contributed by atoms with Gasteiger partial charge in [0.05, 0.1) is 37.8 Å². The molecule has 0 saturated carbocycles. The molecule has 8 heteroatoms. The quantitative estimate of drug-likeness (QED) is 0.452. The van der Waals surface area contributed by atoms with Gasteiger partial charge in [0, 0.05) is 6.54 Å². The van der Waals surface area contributed by atoms with Gasteiger partial charge in [0.2, 0.25) is 5.78 Å². The van der Waals surface area contributed by atoms with E-state index >= 15 is 0 Å². The van der Waals surface area contributed by atoms with Crippen molar-refractivity contribution in [3.63, 3.8) is 0 Å². The van der Waals surface area contributed by atoms with Gasteiger partial charge in [-0.3, -0.25) is 9.59 Å². The van der Waals surface area contributed by atoms with E-state index in [2.05, 4.69) is 0 Å².